The van der Waals surface area contributed by atoms with Crippen LogP contribution in [0.5, 0.6) is 0 Å². The van der Waals surface area contributed by atoms with E-state index in [4.69, 9.17) is 14.0 Å². The van der Waals surface area contributed by atoms with Crippen LogP contribution < -0.4 is 0 Å². The first-order valence-corrected chi connectivity index (χ1v) is 50.4. The Hall–Kier alpha value is -0.418. The molecule has 0 fully saturated rings. The maximum absolute atomic E-state index is 5.84. The highest BCUT2D eigenvalue weighted by Crippen LogP contribution is 2.32. The first-order valence-electron chi connectivity index (χ1n) is 19.3. The number of hydrogen-bond donors (Lipinski definition) is 0. The van der Waals surface area contributed by atoms with E-state index in [0.717, 1.165) is 0 Å². The fourth-order valence-corrected chi connectivity index (χ4v) is 39.9. The maximum Gasteiger partial charge on any atom is 0.174 e. The Labute approximate surface area is 327 Å². The molecule has 1 aromatic rings. The summed E-state index contributed by atoms with van der Waals surface area (Å²) in [7, 11) is -16.8. The third-order valence-corrected chi connectivity index (χ3v) is 31.7. The van der Waals surface area contributed by atoms with Crippen LogP contribution in [0.1, 0.15) is 16.7 Å². The first-order chi connectivity index (χ1) is 22.0. The van der Waals surface area contributed by atoms with Gasteiger partial charge in [0.15, 0.2) is 24.7 Å². The van der Waals surface area contributed by atoms with Crippen molar-refractivity contribution in [2.75, 3.05) is 0 Å². The van der Waals surface area contributed by atoms with Gasteiger partial charge < -0.3 is 26.7 Å². The van der Waals surface area contributed by atoms with Crippen molar-refractivity contribution in [3.63, 3.8) is 0 Å². The number of amidine groups is 3. The highest BCUT2D eigenvalue weighted by atomic mass is 28.4. The smallest absolute Gasteiger partial charge is 0.174 e. The molecule has 0 aliphatic rings. The Morgan fingerprint density at radius 3 is 0.529 bits per heavy atom. The lowest BCUT2D eigenvalue weighted by atomic mass is 10.0. The van der Waals surface area contributed by atoms with Crippen LogP contribution in [-0.4, -0.2) is 104 Å². The van der Waals surface area contributed by atoms with Gasteiger partial charge in [-0.2, -0.15) is 0 Å². The molecule has 294 valence electrons. The van der Waals surface area contributed by atoms with Crippen LogP contribution >= 0.6 is 0 Å². The molecule has 0 bridgehead atoms. The first kappa shape index (κ1) is 48.6. The Morgan fingerprint density at radius 1 is 0.294 bits per heavy atom. The van der Waals surface area contributed by atoms with Gasteiger partial charge in [-0.1, -0.05) is 118 Å². The molecule has 0 amide bonds. The summed E-state index contributed by atoms with van der Waals surface area (Å²) in [5, 5.41) is 0. The van der Waals surface area contributed by atoms with Gasteiger partial charge in [-0.15, -0.1) is 0 Å². The van der Waals surface area contributed by atoms with Crippen molar-refractivity contribution in [3.05, 3.63) is 34.9 Å². The molecule has 51 heavy (non-hydrogen) atoms. The zero-order valence-electron chi connectivity index (χ0n) is 38.9. The average Bonchev–Trinajstić information content (AvgIpc) is 2.74. The summed E-state index contributed by atoms with van der Waals surface area (Å²) in [5.74, 6) is 3.70. The SMILES string of the molecule is C[Si](C)(C)/N=C(/c1cc(/C(=N/[Si](C)(C)C)N([Si](C)(C)C)[Si](C)(C)C)cc(/C(=N/[Si](C)(C)C)N([Si](C)(C)C)[Si](C)(C)C)c1)N([Si](C)(C)C)[Si](C)(C)C. The van der Waals surface area contributed by atoms with Gasteiger partial charge in [0.25, 0.3) is 0 Å². The second kappa shape index (κ2) is 15.6. The van der Waals surface area contributed by atoms with Gasteiger partial charge in [-0.05, 0) is 77.1 Å². The van der Waals surface area contributed by atoms with E-state index in [1.165, 1.54) is 34.2 Å². The van der Waals surface area contributed by atoms with E-state index in [-0.39, 0.29) is 0 Å². The molecule has 15 heteroatoms. The van der Waals surface area contributed by atoms with Gasteiger partial charge in [-0.25, -0.2) is 0 Å². The van der Waals surface area contributed by atoms with Crippen molar-refractivity contribution in [1.29, 1.82) is 0 Å². The van der Waals surface area contributed by atoms with E-state index in [1.807, 2.05) is 0 Å². The van der Waals surface area contributed by atoms with E-state index in [0.29, 0.717) is 0 Å². The van der Waals surface area contributed by atoms with E-state index < -0.39 is 74.1 Å². The van der Waals surface area contributed by atoms with Gasteiger partial charge >= 0.3 is 0 Å². The molecule has 0 saturated carbocycles. The minimum absolute atomic E-state index is 1.23. The zero-order chi connectivity index (χ0) is 40.9. The lowest BCUT2D eigenvalue weighted by Gasteiger charge is -2.49. The topological polar surface area (TPSA) is 46.8 Å². The summed E-state index contributed by atoms with van der Waals surface area (Å²) >= 11 is 0. The highest BCUT2D eigenvalue weighted by Gasteiger charge is 2.42. The average molecular weight is 854 g/mol. The molecule has 0 aliphatic heterocycles. The van der Waals surface area contributed by atoms with Crippen LogP contribution in [-0.2, 0) is 0 Å². The predicted octanol–water partition coefficient (Wildman–Crippen LogP) is 12.3. The van der Waals surface area contributed by atoms with Gasteiger partial charge in [0.05, 0.1) is 0 Å². The van der Waals surface area contributed by atoms with Crippen molar-refractivity contribution in [3.8, 4) is 0 Å². The minimum atomic E-state index is -1.90. The van der Waals surface area contributed by atoms with Gasteiger partial charge in [0.2, 0.25) is 0 Å². The molecule has 0 atom stereocenters. The van der Waals surface area contributed by atoms with Crippen molar-refractivity contribution in [2.24, 2.45) is 14.0 Å². The molecule has 1 aromatic carbocycles. The molecule has 0 aromatic heterocycles. The van der Waals surface area contributed by atoms with E-state index in [2.05, 4.69) is 208 Å². The fraction of sp³-hybridized carbons (Fsp3) is 0.750. The van der Waals surface area contributed by atoms with Crippen molar-refractivity contribution < 1.29 is 0 Å². The van der Waals surface area contributed by atoms with Gasteiger partial charge in [-0.3, -0.25) is 0 Å². The predicted molar refractivity (Wildman–Crippen MR) is 262 cm³/mol. The molecule has 0 saturated heterocycles. The zero-order valence-corrected chi connectivity index (χ0v) is 47.9. The molecular formula is C36H84N6Si9. The van der Waals surface area contributed by atoms with Crippen molar-refractivity contribution in [2.45, 2.75) is 177 Å². The van der Waals surface area contributed by atoms with E-state index >= 15 is 0 Å². The molecule has 0 N–H and O–H groups in total. The van der Waals surface area contributed by atoms with Crippen LogP contribution in [0.3, 0.4) is 0 Å². The van der Waals surface area contributed by atoms with Crippen LogP contribution in [0.25, 0.3) is 0 Å². The molecule has 0 radical (unpaired) electrons. The monoisotopic (exact) mass is 852 g/mol. The Kier molecular flexibility index (Phi) is 14.9. The lowest BCUT2D eigenvalue weighted by molar-refractivity contribution is 0.893. The Bertz CT molecular complexity index is 1230. The van der Waals surface area contributed by atoms with Crippen LogP contribution in [0.4, 0.5) is 0 Å². The molecule has 0 heterocycles. The Balaban J connectivity index is 5.01. The lowest BCUT2D eigenvalue weighted by Crippen LogP contribution is -2.63. The maximum atomic E-state index is 5.84. The largest absolute Gasteiger partial charge is 0.410 e. The molecular weight excluding hydrogens is 769 g/mol. The van der Waals surface area contributed by atoms with Crippen molar-refractivity contribution >= 4 is 91.6 Å². The third-order valence-electron chi connectivity index (χ3n) is 7.69. The summed E-state index contributed by atoms with van der Waals surface area (Å²) in [6.45, 7) is 66.9. The number of benzene rings is 1. The van der Waals surface area contributed by atoms with Crippen LogP contribution in [0.2, 0.25) is 177 Å². The second-order valence-electron chi connectivity index (χ2n) is 23.6. The third kappa shape index (κ3) is 15.0. The number of nitrogens with zero attached hydrogens (tertiary/aromatic N) is 6. The van der Waals surface area contributed by atoms with Crippen LogP contribution in [0.15, 0.2) is 32.2 Å². The highest BCUT2D eigenvalue weighted by molar-refractivity contribution is 6.95. The second-order valence-corrected chi connectivity index (χ2v) is 67.4. The van der Waals surface area contributed by atoms with E-state index in [9.17, 15) is 0 Å². The number of hydrogen-bond acceptors (Lipinski definition) is 3. The molecule has 0 spiro atoms. The van der Waals surface area contributed by atoms with Gasteiger partial charge in [0.1, 0.15) is 66.9 Å². The molecule has 6 nitrogen and oxygen atoms in total. The summed E-state index contributed by atoms with van der Waals surface area (Å²) < 4.78 is 26.1. The molecule has 0 aliphatic carbocycles. The summed E-state index contributed by atoms with van der Waals surface area (Å²) in [6.07, 6.45) is 0. The Morgan fingerprint density at radius 2 is 0.431 bits per heavy atom. The van der Waals surface area contributed by atoms with Crippen molar-refractivity contribution in [1.82, 2.24) is 12.7 Å². The fourth-order valence-electron chi connectivity index (χ4n) is 7.62. The summed E-state index contributed by atoms with van der Waals surface area (Å²) in [5.41, 5.74) is 3.79. The standard InChI is InChI=1S/C36H84N6Si9/c1-43(2,3)37-34(40(46(10,11)12)47(13,14)15)31-28-32(35(38-44(4,5)6)41(48(16,17)18)49(19,20)21)30-33(29-31)36(39-45(7,8)9)42(50(22,23)24)51(25,26)27/h28-30H,1-27H3/b37-34-,38-35-,39-36-. The van der Waals surface area contributed by atoms with Crippen LogP contribution in [0, 0.1) is 0 Å². The van der Waals surface area contributed by atoms with Gasteiger partial charge in [0, 0.05) is 16.7 Å². The quantitative estimate of drug-likeness (QED) is 0.120. The van der Waals surface area contributed by atoms with E-state index in [1.54, 1.807) is 0 Å². The molecule has 1 rings (SSSR count). The molecule has 0 unspecified atom stereocenters. The minimum Gasteiger partial charge on any atom is -0.410 e. The normalized spacial score (nSPS) is 15.7. The number of rotatable bonds is 12. The summed E-state index contributed by atoms with van der Waals surface area (Å²) in [4.78, 5) is 0. The summed E-state index contributed by atoms with van der Waals surface area (Å²) in [6, 6.07) is 7.55.